The van der Waals surface area contributed by atoms with E-state index in [1.807, 2.05) is 6.08 Å². The van der Waals surface area contributed by atoms with Crippen LogP contribution in [0.4, 0.5) is 0 Å². The third kappa shape index (κ3) is 8.11. The van der Waals surface area contributed by atoms with Crippen LogP contribution in [-0.2, 0) is 13.0 Å². The highest BCUT2D eigenvalue weighted by Crippen LogP contribution is 2.21. The molecular weight excluding hydrogens is 330 g/mol. The van der Waals surface area contributed by atoms with E-state index in [2.05, 4.69) is 67.1 Å². The summed E-state index contributed by atoms with van der Waals surface area (Å²) in [4.78, 5) is 2.25. The minimum atomic E-state index is 0.335. The average Bonchev–Trinajstić information content (AvgIpc) is 2.69. The molecule has 2 rings (SSSR count). The van der Waals surface area contributed by atoms with Crippen molar-refractivity contribution in [3.8, 4) is 11.1 Å². The topological polar surface area (TPSA) is 23.5 Å². The molecule has 0 aliphatic rings. The number of hydrogen-bond donors (Lipinski definition) is 1. The standard InChI is InChI=1S/C25H35NO/c1-3-19-26(2)21-23-13-17-25(18-14-23)24-15-11-22(12-16-24)10-8-6-4-5-7-9-20-27/h3,11-18,27H,1,4-10,19-21H2,2H3. The molecule has 0 saturated carbocycles. The molecule has 0 saturated heterocycles. The predicted octanol–water partition coefficient (Wildman–Crippen LogP) is 5.85. The van der Waals surface area contributed by atoms with Crippen LogP contribution in [0.15, 0.2) is 61.2 Å². The quantitative estimate of drug-likeness (QED) is 0.356. The van der Waals surface area contributed by atoms with Gasteiger partial charge in [-0.3, -0.25) is 4.90 Å². The molecule has 27 heavy (non-hydrogen) atoms. The van der Waals surface area contributed by atoms with Gasteiger partial charge in [-0.1, -0.05) is 80.3 Å². The van der Waals surface area contributed by atoms with Crippen LogP contribution in [0.5, 0.6) is 0 Å². The summed E-state index contributed by atoms with van der Waals surface area (Å²) in [6.45, 7) is 5.98. The van der Waals surface area contributed by atoms with E-state index >= 15 is 0 Å². The number of aryl methyl sites for hydroxylation is 1. The highest BCUT2D eigenvalue weighted by molar-refractivity contribution is 5.63. The van der Waals surface area contributed by atoms with Crippen molar-refractivity contribution in [2.75, 3.05) is 20.2 Å². The summed E-state index contributed by atoms with van der Waals surface area (Å²) in [5.74, 6) is 0. The molecule has 146 valence electrons. The Morgan fingerprint density at radius 3 is 1.85 bits per heavy atom. The fourth-order valence-corrected chi connectivity index (χ4v) is 3.41. The second-order valence-corrected chi connectivity index (χ2v) is 7.47. The van der Waals surface area contributed by atoms with E-state index in [0.29, 0.717) is 6.61 Å². The number of benzene rings is 2. The Balaban J connectivity index is 1.78. The van der Waals surface area contributed by atoms with Crippen LogP contribution < -0.4 is 0 Å². The van der Waals surface area contributed by atoms with E-state index in [1.54, 1.807) is 0 Å². The second-order valence-electron chi connectivity index (χ2n) is 7.47. The molecule has 0 aliphatic heterocycles. The number of nitrogens with zero attached hydrogens (tertiary/aromatic N) is 1. The molecule has 0 radical (unpaired) electrons. The molecule has 0 aromatic heterocycles. The maximum Gasteiger partial charge on any atom is 0.0431 e. The first kappa shape index (κ1) is 21.4. The lowest BCUT2D eigenvalue weighted by Crippen LogP contribution is -2.17. The average molecular weight is 366 g/mol. The highest BCUT2D eigenvalue weighted by Gasteiger charge is 2.02. The van der Waals surface area contributed by atoms with Crippen molar-refractivity contribution < 1.29 is 5.11 Å². The molecule has 0 amide bonds. The number of aliphatic hydroxyl groups is 1. The molecule has 2 nitrogen and oxygen atoms in total. The number of likely N-dealkylation sites (N-methyl/N-ethyl adjacent to an activating group) is 1. The number of aliphatic hydroxyl groups excluding tert-OH is 1. The van der Waals surface area contributed by atoms with Crippen LogP contribution in [0.3, 0.4) is 0 Å². The normalized spacial score (nSPS) is 11.1. The van der Waals surface area contributed by atoms with Gasteiger partial charge in [0.15, 0.2) is 0 Å². The minimum Gasteiger partial charge on any atom is -0.396 e. The second kappa shape index (κ2) is 12.5. The van der Waals surface area contributed by atoms with Gasteiger partial charge in [-0.15, -0.1) is 6.58 Å². The van der Waals surface area contributed by atoms with Crippen molar-refractivity contribution >= 4 is 0 Å². The fraction of sp³-hybridized carbons (Fsp3) is 0.440. The van der Waals surface area contributed by atoms with Gasteiger partial charge in [-0.05, 0) is 48.6 Å². The van der Waals surface area contributed by atoms with Gasteiger partial charge in [0.2, 0.25) is 0 Å². The van der Waals surface area contributed by atoms with Gasteiger partial charge in [-0.2, -0.15) is 0 Å². The van der Waals surface area contributed by atoms with Gasteiger partial charge in [0.1, 0.15) is 0 Å². The van der Waals surface area contributed by atoms with E-state index < -0.39 is 0 Å². The zero-order valence-corrected chi connectivity index (χ0v) is 16.9. The summed E-state index contributed by atoms with van der Waals surface area (Å²) >= 11 is 0. The van der Waals surface area contributed by atoms with Gasteiger partial charge in [0.05, 0.1) is 0 Å². The zero-order valence-electron chi connectivity index (χ0n) is 16.9. The highest BCUT2D eigenvalue weighted by atomic mass is 16.2. The van der Waals surface area contributed by atoms with Gasteiger partial charge in [0.25, 0.3) is 0 Å². The van der Waals surface area contributed by atoms with Crippen LogP contribution in [0, 0.1) is 0 Å². The molecule has 2 aromatic carbocycles. The molecule has 1 N–H and O–H groups in total. The Kier molecular flexibility index (Phi) is 9.89. The van der Waals surface area contributed by atoms with Crippen molar-refractivity contribution in [1.82, 2.24) is 4.90 Å². The van der Waals surface area contributed by atoms with E-state index in [-0.39, 0.29) is 0 Å². The third-order valence-corrected chi connectivity index (χ3v) is 5.01. The van der Waals surface area contributed by atoms with E-state index in [4.69, 9.17) is 5.11 Å². The van der Waals surface area contributed by atoms with Gasteiger partial charge >= 0.3 is 0 Å². The molecule has 2 aromatic rings. The number of rotatable bonds is 13. The van der Waals surface area contributed by atoms with Crippen molar-refractivity contribution in [2.24, 2.45) is 0 Å². The van der Waals surface area contributed by atoms with Crippen molar-refractivity contribution in [1.29, 1.82) is 0 Å². The van der Waals surface area contributed by atoms with Crippen LogP contribution >= 0.6 is 0 Å². The predicted molar refractivity (Wildman–Crippen MR) is 117 cm³/mol. The van der Waals surface area contributed by atoms with E-state index in [0.717, 1.165) is 32.4 Å². The van der Waals surface area contributed by atoms with E-state index in [9.17, 15) is 0 Å². The molecule has 0 heterocycles. The Morgan fingerprint density at radius 1 is 0.778 bits per heavy atom. The summed E-state index contributed by atoms with van der Waals surface area (Å²) in [7, 11) is 2.11. The molecule has 0 unspecified atom stereocenters. The maximum absolute atomic E-state index is 8.78. The van der Waals surface area contributed by atoms with Gasteiger partial charge < -0.3 is 5.11 Å². The Hall–Kier alpha value is -1.90. The SMILES string of the molecule is C=CCN(C)Cc1ccc(-c2ccc(CCCCCCCCO)cc2)cc1. The lowest BCUT2D eigenvalue weighted by molar-refractivity contribution is 0.282. The zero-order chi connectivity index (χ0) is 19.3. The molecular formula is C25H35NO. The summed E-state index contributed by atoms with van der Waals surface area (Å²) in [6.07, 6.45) is 10.3. The number of unbranched alkanes of at least 4 members (excludes halogenated alkanes) is 5. The summed E-state index contributed by atoms with van der Waals surface area (Å²) in [6, 6.07) is 17.9. The third-order valence-electron chi connectivity index (χ3n) is 5.01. The first-order valence-electron chi connectivity index (χ1n) is 10.3. The summed E-state index contributed by atoms with van der Waals surface area (Å²) in [5.41, 5.74) is 5.32. The molecule has 0 bridgehead atoms. The molecule has 0 atom stereocenters. The smallest absolute Gasteiger partial charge is 0.0431 e. The summed E-state index contributed by atoms with van der Waals surface area (Å²) < 4.78 is 0. The van der Waals surface area contributed by atoms with E-state index in [1.165, 1.54) is 47.9 Å². The molecule has 0 fully saturated rings. The Labute approximate surface area is 165 Å². The lowest BCUT2D eigenvalue weighted by Gasteiger charge is -2.14. The van der Waals surface area contributed by atoms with Gasteiger partial charge in [0, 0.05) is 19.7 Å². The Bertz CT molecular complexity index is 645. The lowest BCUT2D eigenvalue weighted by atomic mass is 10.00. The molecule has 2 heteroatoms. The van der Waals surface area contributed by atoms with Gasteiger partial charge in [-0.25, -0.2) is 0 Å². The van der Waals surface area contributed by atoms with Crippen LogP contribution in [0.1, 0.15) is 49.7 Å². The first-order chi connectivity index (χ1) is 13.2. The Morgan fingerprint density at radius 2 is 1.30 bits per heavy atom. The summed E-state index contributed by atoms with van der Waals surface area (Å²) in [5, 5.41) is 8.78. The van der Waals surface area contributed by atoms with Crippen molar-refractivity contribution in [2.45, 2.75) is 51.5 Å². The van der Waals surface area contributed by atoms with Crippen LogP contribution in [-0.4, -0.2) is 30.2 Å². The maximum atomic E-state index is 8.78. The van der Waals surface area contributed by atoms with Crippen LogP contribution in [0.2, 0.25) is 0 Å². The van der Waals surface area contributed by atoms with Crippen LogP contribution in [0.25, 0.3) is 11.1 Å². The van der Waals surface area contributed by atoms with Crippen molar-refractivity contribution in [3.63, 3.8) is 0 Å². The fourth-order valence-electron chi connectivity index (χ4n) is 3.41. The van der Waals surface area contributed by atoms with Crippen molar-refractivity contribution in [3.05, 3.63) is 72.3 Å². The largest absolute Gasteiger partial charge is 0.396 e. The first-order valence-corrected chi connectivity index (χ1v) is 10.3. The molecule has 0 aliphatic carbocycles. The minimum absolute atomic E-state index is 0.335. The monoisotopic (exact) mass is 365 g/mol. The number of hydrogen-bond acceptors (Lipinski definition) is 2. The molecule has 0 spiro atoms.